The Morgan fingerprint density at radius 2 is 1.86 bits per heavy atom. The highest BCUT2D eigenvalue weighted by Crippen LogP contribution is 2.28. The summed E-state index contributed by atoms with van der Waals surface area (Å²) in [4.78, 5) is 12.1. The molecular weight excluding hydrogens is 416 g/mol. The van der Waals surface area contributed by atoms with E-state index < -0.39 is 31.9 Å². The molecule has 0 spiro atoms. The summed E-state index contributed by atoms with van der Waals surface area (Å²) in [5.41, 5.74) is 1.06. The Bertz CT molecular complexity index is 1110. The molecular formula is C19H22N2O6S2. The van der Waals surface area contributed by atoms with Gasteiger partial charge < -0.3 is 4.74 Å². The minimum Gasteiger partial charge on any atom is -0.497 e. The quantitative estimate of drug-likeness (QED) is 0.702. The van der Waals surface area contributed by atoms with E-state index in [1.807, 2.05) is 18.2 Å². The molecule has 10 heteroatoms. The highest BCUT2D eigenvalue weighted by Gasteiger charge is 2.41. The van der Waals surface area contributed by atoms with Gasteiger partial charge in [-0.3, -0.25) is 4.79 Å². The van der Waals surface area contributed by atoms with E-state index in [0.717, 1.165) is 9.87 Å². The largest absolute Gasteiger partial charge is 0.497 e. The van der Waals surface area contributed by atoms with Gasteiger partial charge in [-0.15, -0.1) is 0 Å². The highest BCUT2D eigenvalue weighted by atomic mass is 32.2. The molecule has 0 unspecified atom stereocenters. The van der Waals surface area contributed by atoms with Crippen LogP contribution < -0.4 is 13.8 Å². The van der Waals surface area contributed by atoms with Crippen molar-refractivity contribution in [2.75, 3.05) is 23.7 Å². The Kier molecular flexibility index (Phi) is 5.97. The molecule has 0 bridgehead atoms. The van der Waals surface area contributed by atoms with Crippen molar-refractivity contribution < 1.29 is 26.4 Å². The molecule has 0 aromatic heterocycles. The number of anilines is 1. The molecule has 1 N–H and O–H groups in total. The summed E-state index contributed by atoms with van der Waals surface area (Å²) in [6.07, 6.45) is 0.479. The maximum absolute atomic E-state index is 12.5. The van der Waals surface area contributed by atoms with Crippen LogP contribution >= 0.6 is 0 Å². The Labute approximate surface area is 170 Å². The lowest BCUT2D eigenvalue weighted by molar-refractivity contribution is -0.119. The third-order valence-electron chi connectivity index (χ3n) is 4.58. The first kappa shape index (κ1) is 21.3. The fourth-order valence-electron chi connectivity index (χ4n) is 3.09. The average molecular weight is 439 g/mol. The zero-order valence-electron chi connectivity index (χ0n) is 16.0. The van der Waals surface area contributed by atoms with Crippen molar-refractivity contribution in [1.82, 2.24) is 4.72 Å². The van der Waals surface area contributed by atoms with Crippen LogP contribution in [0.5, 0.6) is 5.75 Å². The Morgan fingerprint density at radius 1 is 1.17 bits per heavy atom. The maximum atomic E-state index is 12.5. The number of sulfonamides is 2. The number of hydrogen-bond acceptors (Lipinski definition) is 6. The van der Waals surface area contributed by atoms with Gasteiger partial charge in [0.25, 0.3) is 0 Å². The van der Waals surface area contributed by atoms with Gasteiger partial charge in [0, 0.05) is 6.54 Å². The van der Waals surface area contributed by atoms with Crippen LogP contribution in [0.25, 0.3) is 0 Å². The fourth-order valence-corrected chi connectivity index (χ4v) is 5.94. The number of ether oxygens (including phenoxy) is 1. The zero-order chi connectivity index (χ0) is 21.2. The zero-order valence-corrected chi connectivity index (χ0v) is 17.7. The minimum atomic E-state index is -3.77. The first-order valence-corrected chi connectivity index (χ1v) is 12.0. The second kappa shape index (κ2) is 8.13. The van der Waals surface area contributed by atoms with E-state index in [9.17, 15) is 21.6 Å². The number of nitrogens with one attached hydrogen (secondary N) is 1. The van der Waals surface area contributed by atoms with Crippen LogP contribution in [0, 0.1) is 5.92 Å². The second-order valence-electron chi connectivity index (χ2n) is 6.78. The molecule has 8 nitrogen and oxygen atoms in total. The van der Waals surface area contributed by atoms with Crippen molar-refractivity contribution in [2.45, 2.75) is 18.2 Å². The van der Waals surface area contributed by atoms with E-state index in [4.69, 9.17) is 4.74 Å². The molecule has 2 aromatic carbocycles. The van der Waals surface area contributed by atoms with E-state index in [1.54, 1.807) is 20.1 Å². The van der Waals surface area contributed by atoms with Crippen molar-refractivity contribution in [2.24, 2.45) is 5.92 Å². The van der Waals surface area contributed by atoms with E-state index >= 15 is 0 Å². The second-order valence-corrected chi connectivity index (χ2v) is 10.4. The summed E-state index contributed by atoms with van der Waals surface area (Å²) >= 11 is 0. The first-order valence-electron chi connectivity index (χ1n) is 8.93. The lowest BCUT2D eigenvalue weighted by Crippen LogP contribution is -2.30. The molecule has 2 aromatic rings. The number of rotatable bonds is 7. The summed E-state index contributed by atoms with van der Waals surface area (Å²) in [5, 5.41) is 0. The van der Waals surface area contributed by atoms with Crippen molar-refractivity contribution in [1.29, 1.82) is 0 Å². The molecule has 156 valence electrons. The molecule has 0 aliphatic carbocycles. The van der Waals surface area contributed by atoms with Crippen LogP contribution in [0.4, 0.5) is 5.69 Å². The predicted molar refractivity (Wildman–Crippen MR) is 109 cm³/mol. The SMILES string of the molecule is COc1cccc(CCNS(=O)(=O)c2ccc(N3C(=O)[C@@H](C)CS3(=O)=O)cc2)c1. The van der Waals surface area contributed by atoms with Crippen LogP contribution in [-0.4, -0.2) is 42.2 Å². The highest BCUT2D eigenvalue weighted by molar-refractivity contribution is 7.94. The van der Waals surface area contributed by atoms with E-state index in [0.29, 0.717) is 12.2 Å². The molecule has 0 saturated carbocycles. The monoisotopic (exact) mass is 438 g/mol. The van der Waals surface area contributed by atoms with Crippen LogP contribution in [0.3, 0.4) is 0 Å². The van der Waals surface area contributed by atoms with Crippen molar-refractivity contribution in [3.8, 4) is 5.75 Å². The smallest absolute Gasteiger partial charge is 0.244 e. The summed E-state index contributed by atoms with van der Waals surface area (Å²) in [6, 6.07) is 12.6. The van der Waals surface area contributed by atoms with E-state index in [-0.39, 0.29) is 22.9 Å². The van der Waals surface area contributed by atoms with Crippen LogP contribution in [-0.2, 0) is 31.3 Å². The molecule has 1 amide bonds. The van der Waals surface area contributed by atoms with Gasteiger partial charge in [0.05, 0.1) is 29.4 Å². The predicted octanol–water partition coefficient (Wildman–Crippen LogP) is 1.53. The molecule has 0 radical (unpaired) electrons. The molecule has 1 atom stereocenters. The lowest BCUT2D eigenvalue weighted by Gasteiger charge is -2.15. The maximum Gasteiger partial charge on any atom is 0.244 e. The van der Waals surface area contributed by atoms with Gasteiger partial charge in [-0.05, 0) is 48.4 Å². The lowest BCUT2D eigenvalue weighted by atomic mass is 10.1. The van der Waals surface area contributed by atoms with E-state index in [2.05, 4.69) is 4.72 Å². The molecule has 1 fully saturated rings. The van der Waals surface area contributed by atoms with Crippen molar-refractivity contribution in [3.05, 3.63) is 54.1 Å². The number of methoxy groups -OCH3 is 1. The first-order chi connectivity index (χ1) is 13.6. The van der Waals surface area contributed by atoms with Gasteiger partial charge in [0.15, 0.2) is 0 Å². The number of amides is 1. The topological polar surface area (TPSA) is 110 Å². The fraction of sp³-hybridized carbons (Fsp3) is 0.316. The van der Waals surface area contributed by atoms with Gasteiger partial charge >= 0.3 is 0 Å². The third kappa shape index (κ3) is 4.60. The minimum absolute atomic E-state index is 0.0102. The number of carbonyl (C=O) groups excluding carboxylic acids is 1. The van der Waals surface area contributed by atoms with Gasteiger partial charge in [0.1, 0.15) is 5.75 Å². The number of hydrogen-bond donors (Lipinski definition) is 1. The Balaban J connectivity index is 1.69. The molecule has 3 rings (SSSR count). The summed E-state index contributed by atoms with van der Waals surface area (Å²) in [6.45, 7) is 1.73. The van der Waals surface area contributed by atoms with Crippen LogP contribution in [0.15, 0.2) is 53.4 Å². The van der Waals surface area contributed by atoms with Crippen molar-refractivity contribution in [3.63, 3.8) is 0 Å². The van der Waals surface area contributed by atoms with Crippen molar-refractivity contribution >= 4 is 31.6 Å². The standard InChI is InChI=1S/C19H22N2O6S2/c1-14-13-28(23,24)21(19(14)22)16-6-8-18(9-7-16)29(25,26)20-11-10-15-4-3-5-17(12-15)27-2/h3-9,12,14,20H,10-11,13H2,1-2H3/t14-/m0/s1. The number of carbonyl (C=O) groups is 1. The number of nitrogens with zero attached hydrogens (tertiary/aromatic N) is 1. The van der Waals surface area contributed by atoms with Gasteiger partial charge in [0.2, 0.25) is 26.0 Å². The summed E-state index contributed by atoms with van der Waals surface area (Å²) in [7, 11) is -5.94. The summed E-state index contributed by atoms with van der Waals surface area (Å²) in [5.74, 6) is -0.696. The normalized spacial score (nSPS) is 18.8. The molecule has 1 heterocycles. The average Bonchev–Trinajstić information content (AvgIpc) is 2.88. The Hall–Kier alpha value is -2.43. The molecule has 1 aliphatic rings. The summed E-state index contributed by atoms with van der Waals surface area (Å²) < 4.78 is 57.7. The van der Waals surface area contributed by atoms with Crippen LogP contribution in [0.2, 0.25) is 0 Å². The Morgan fingerprint density at radius 3 is 2.45 bits per heavy atom. The van der Waals surface area contributed by atoms with Gasteiger partial charge in [-0.1, -0.05) is 19.1 Å². The molecule has 29 heavy (non-hydrogen) atoms. The third-order valence-corrected chi connectivity index (χ3v) is 7.93. The number of benzene rings is 2. The molecule has 1 saturated heterocycles. The van der Waals surface area contributed by atoms with Crippen LogP contribution in [0.1, 0.15) is 12.5 Å². The van der Waals surface area contributed by atoms with Gasteiger partial charge in [-0.2, -0.15) is 0 Å². The van der Waals surface area contributed by atoms with E-state index in [1.165, 1.54) is 24.3 Å². The van der Waals surface area contributed by atoms with Gasteiger partial charge in [-0.25, -0.2) is 25.9 Å². The molecule has 1 aliphatic heterocycles.